The van der Waals surface area contributed by atoms with Crippen LogP contribution in [-0.4, -0.2) is 18.2 Å². The minimum Gasteiger partial charge on any atom is -0.264 e. The number of nitrogens with one attached hydrogen (secondary N) is 1. The molecule has 0 aromatic carbocycles. The van der Waals surface area contributed by atoms with Crippen LogP contribution in [0.4, 0.5) is 5.82 Å². The van der Waals surface area contributed by atoms with E-state index in [1.807, 2.05) is 6.92 Å². The first kappa shape index (κ1) is 8.31. The van der Waals surface area contributed by atoms with Crippen molar-refractivity contribution in [2.24, 2.45) is 0 Å². The van der Waals surface area contributed by atoms with Crippen LogP contribution in [0.15, 0.2) is 11.5 Å². The number of aryl methyl sites for hydroxylation is 1. The van der Waals surface area contributed by atoms with Gasteiger partial charge in [-0.1, -0.05) is 0 Å². The third-order valence-corrected chi connectivity index (χ3v) is 2.88. The van der Waals surface area contributed by atoms with E-state index < -0.39 is 10.0 Å². The van der Waals surface area contributed by atoms with Crippen LogP contribution in [0, 0.1) is 6.92 Å². The molecule has 0 aliphatic carbocycles. The molecule has 0 unspecified atom stereocenters. The Morgan fingerprint density at radius 1 is 1.46 bits per heavy atom. The van der Waals surface area contributed by atoms with Crippen LogP contribution >= 0.6 is 0 Å². The normalized spacial score (nSPS) is 18.8. The Hall–Kier alpha value is -1.30. The Bertz CT molecular complexity index is 484. The second-order valence-corrected chi connectivity index (χ2v) is 4.52. The predicted octanol–water partition coefficient (Wildman–Crippen LogP) is 0.765. The molecule has 2 rings (SSSR count). The third kappa shape index (κ3) is 1.33. The van der Waals surface area contributed by atoms with Crippen LogP contribution in [-0.2, 0) is 10.0 Å². The summed E-state index contributed by atoms with van der Waals surface area (Å²) < 4.78 is 26.4. The summed E-state index contributed by atoms with van der Waals surface area (Å²) in [5.74, 6) is 0.498. The lowest BCUT2D eigenvalue weighted by molar-refractivity contribution is 0.608. The Kier molecular flexibility index (Phi) is 1.50. The van der Waals surface area contributed by atoms with Gasteiger partial charge in [0, 0.05) is 6.07 Å². The highest BCUT2D eigenvalue weighted by Gasteiger charge is 2.19. The molecule has 6 heteroatoms. The molecular formula is C7H9N3O2S. The number of allylic oxidation sites excluding steroid dienone is 1. The maximum absolute atomic E-state index is 11.2. The van der Waals surface area contributed by atoms with Gasteiger partial charge in [-0.05, 0) is 13.8 Å². The van der Waals surface area contributed by atoms with Crippen molar-refractivity contribution in [1.82, 2.24) is 9.78 Å². The van der Waals surface area contributed by atoms with Gasteiger partial charge in [-0.2, -0.15) is 5.10 Å². The number of nitrogens with zero attached hydrogens (tertiary/aromatic N) is 2. The highest BCUT2D eigenvalue weighted by Crippen LogP contribution is 2.22. The summed E-state index contributed by atoms with van der Waals surface area (Å²) in [7, 11) is -3.30. The molecule has 0 fully saturated rings. The smallest absolute Gasteiger partial charge is 0.257 e. The van der Waals surface area contributed by atoms with Crippen molar-refractivity contribution >= 4 is 21.5 Å². The van der Waals surface area contributed by atoms with Crippen LogP contribution in [0.5, 0.6) is 0 Å². The fraction of sp³-hybridized carbons (Fsp3) is 0.286. The second-order valence-electron chi connectivity index (χ2n) is 2.99. The summed E-state index contributed by atoms with van der Waals surface area (Å²) in [6.45, 7) is 3.52. The van der Waals surface area contributed by atoms with E-state index in [0.29, 0.717) is 11.5 Å². The van der Waals surface area contributed by atoms with Gasteiger partial charge in [-0.3, -0.25) is 4.72 Å². The summed E-state index contributed by atoms with van der Waals surface area (Å²) in [5, 5.41) is 5.28. The van der Waals surface area contributed by atoms with Gasteiger partial charge in [0.05, 0.1) is 16.8 Å². The molecule has 0 atom stereocenters. The molecule has 2 heterocycles. The molecule has 0 spiro atoms. The van der Waals surface area contributed by atoms with Crippen LogP contribution in [0.25, 0.3) is 5.70 Å². The van der Waals surface area contributed by atoms with Crippen molar-refractivity contribution in [3.8, 4) is 0 Å². The average Bonchev–Trinajstić information content (AvgIpc) is 2.27. The number of sulfonamides is 1. The van der Waals surface area contributed by atoms with Gasteiger partial charge in [0.2, 0.25) is 0 Å². The number of fused-ring (bicyclic) bond motifs is 1. The molecule has 1 aliphatic heterocycles. The van der Waals surface area contributed by atoms with E-state index >= 15 is 0 Å². The molecule has 5 nitrogen and oxygen atoms in total. The lowest BCUT2D eigenvalue weighted by Crippen LogP contribution is -2.18. The van der Waals surface area contributed by atoms with Crippen LogP contribution in [0.2, 0.25) is 0 Å². The van der Waals surface area contributed by atoms with Gasteiger partial charge in [0.15, 0.2) is 0 Å². The van der Waals surface area contributed by atoms with Gasteiger partial charge >= 0.3 is 0 Å². The zero-order valence-corrected chi connectivity index (χ0v) is 8.09. The highest BCUT2D eigenvalue weighted by molar-refractivity contribution is 7.95. The quantitative estimate of drug-likeness (QED) is 0.671. The summed E-state index contributed by atoms with van der Waals surface area (Å²) in [6, 6.07) is 1.69. The molecule has 1 aliphatic rings. The Balaban J connectivity index is 2.67. The van der Waals surface area contributed by atoms with Crippen molar-refractivity contribution in [2.45, 2.75) is 13.8 Å². The highest BCUT2D eigenvalue weighted by atomic mass is 32.2. The number of rotatable bonds is 0. The fourth-order valence-corrected chi connectivity index (χ4v) is 2.34. The number of hydrogen-bond donors (Lipinski definition) is 1. The second kappa shape index (κ2) is 2.35. The van der Waals surface area contributed by atoms with E-state index in [2.05, 4.69) is 9.82 Å². The number of anilines is 1. The summed E-state index contributed by atoms with van der Waals surface area (Å²) in [6.07, 6.45) is 0. The molecule has 70 valence electrons. The molecule has 1 aromatic rings. The largest absolute Gasteiger partial charge is 0.264 e. The molecule has 0 saturated heterocycles. The van der Waals surface area contributed by atoms with E-state index in [0.717, 1.165) is 11.1 Å². The lowest BCUT2D eigenvalue weighted by atomic mass is 10.5. The monoisotopic (exact) mass is 199 g/mol. The Labute approximate surface area is 76.1 Å². The average molecular weight is 199 g/mol. The van der Waals surface area contributed by atoms with Crippen LogP contribution in [0.1, 0.15) is 12.6 Å². The molecule has 0 radical (unpaired) electrons. The maximum Gasteiger partial charge on any atom is 0.257 e. The lowest BCUT2D eigenvalue weighted by Gasteiger charge is -2.13. The van der Waals surface area contributed by atoms with Gasteiger partial charge in [-0.25, -0.2) is 13.1 Å². The van der Waals surface area contributed by atoms with Crippen molar-refractivity contribution in [3.05, 3.63) is 17.2 Å². The SMILES string of the molecule is CC1=CS(=O)(=O)Nc2cc(C)nn21. The van der Waals surface area contributed by atoms with Gasteiger partial charge in [0.1, 0.15) is 5.82 Å². The third-order valence-electron chi connectivity index (χ3n) is 1.74. The summed E-state index contributed by atoms with van der Waals surface area (Å²) in [4.78, 5) is 0. The number of hydrogen-bond acceptors (Lipinski definition) is 3. The van der Waals surface area contributed by atoms with Crippen LogP contribution in [0.3, 0.4) is 0 Å². The minimum atomic E-state index is -3.30. The van der Waals surface area contributed by atoms with Gasteiger partial charge < -0.3 is 0 Å². The predicted molar refractivity (Wildman–Crippen MR) is 49.5 cm³/mol. The molecular weight excluding hydrogens is 190 g/mol. The van der Waals surface area contributed by atoms with E-state index in [1.54, 1.807) is 17.7 Å². The fourth-order valence-electron chi connectivity index (χ4n) is 1.29. The van der Waals surface area contributed by atoms with Crippen molar-refractivity contribution < 1.29 is 8.42 Å². The number of aromatic nitrogens is 2. The van der Waals surface area contributed by atoms with Crippen molar-refractivity contribution in [2.75, 3.05) is 4.72 Å². The van der Waals surface area contributed by atoms with Crippen molar-refractivity contribution in [3.63, 3.8) is 0 Å². The van der Waals surface area contributed by atoms with E-state index in [9.17, 15) is 8.42 Å². The van der Waals surface area contributed by atoms with Gasteiger partial charge in [-0.15, -0.1) is 0 Å². The molecule has 13 heavy (non-hydrogen) atoms. The standard InChI is InChI=1S/C7H9N3O2S/c1-5-3-7-9-13(11,12)4-6(2)10(7)8-5/h3-4,9H,1-2H3. The van der Waals surface area contributed by atoms with Gasteiger partial charge in [0.25, 0.3) is 10.0 Å². The zero-order valence-electron chi connectivity index (χ0n) is 7.27. The maximum atomic E-state index is 11.2. The first-order chi connectivity index (χ1) is 5.98. The molecule has 0 saturated carbocycles. The first-order valence-corrected chi connectivity index (χ1v) is 5.31. The summed E-state index contributed by atoms with van der Waals surface area (Å²) in [5.41, 5.74) is 1.38. The van der Waals surface area contributed by atoms with E-state index in [-0.39, 0.29) is 0 Å². The van der Waals surface area contributed by atoms with Crippen LogP contribution < -0.4 is 4.72 Å². The Morgan fingerprint density at radius 2 is 2.15 bits per heavy atom. The molecule has 0 amide bonds. The van der Waals surface area contributed by atoms with E-state index in [4.69, 9.17) is 0 Å². The molecule has 1 aromatic heterocycles. The first-order valence-electron chi connectivity index (χ1n) is 3.76. The topological polar surface area (TPSA) is 64.0 Å². The Morgan fingerprint density at radius 3 is 2.85 bits per heavy atom. The zero-order chi connectivity index (χ0) is 9.64. The minimum absolute atomic E-state index is 0.498. The van der Waals surface area contributed by atoms with E-state index in [1.165, 1.54) is 0 Å². The molecule has 0 bridgehead atoms. The van der Waals surface area contributed by atoms with Crippen molar-refractivity contribution in [1.29, 1.82) is 0 Å². The molecule has 1 N–H and O–H groups in total. The summed E-state index contributed by atoms with van der Waals surface area (Å²) >= 11 is 0.